The molecule has 0 saturated heterocycles. The minimum absolute atomic E-state index is 0.268. The lowest BCUT2D eigenvalue weighted by Gasteiger charge is -2.05. The fourth-order valence-electron chi connectivity index (χ4n) is 1.74. The second kappa shape index (κ2) is 14.8. The maximum absolute atomic E-state index is 11.1. The summed E-state index contributed by atoms with van der Waals surface area (Å²) in [6, 6.07) is 1.99. The van der Waals surface area contributed by atoms with Gasteiger partial charge in [-0.05, 0) is 12.8 Å². The van der Waals surface area contributed by atoms with Crippen LogP contribution in [0, 0.1) is 11.3 Å². The minimum Gasteiger partial charge on any atom is -0.434 e. The maximum Gasteiger partial charge on any atom is 0.508 e. The second-order valence-corrected chi connectivity index (χ2v) is 4.68. The van der Waals surface area contributed by atoms with Crippen molar-refractivity contribution in [1.82, 2.24) is 0 Å². The van der Waals surface area contributed by atoms with Crippen molar-refractivity contribution in [2.45, 2.75) is 71.1 Å². The van der Waals surface area contributed by atoms with Crippen molar-refractivity contribution in [2.24, 2.45) is 0 Å². The van der Waals surface area contributed by atoms with Crippen molar-refractivity contribution in [3.8, 4) is 6.07 Å². The van der Waals surface area contributed by atoms with Gasteiger partial charge in [0.15, 0.2) is 0 Å². The van der Waals surface area contributed by atoms with Crippen LogP contribution in [-0.4, -0.2) is 19.4 Å². The third kappa shape index (κ3) is 14.7. The lowest BCUT2D eigenvalue weighted by atomic mass is 10.1. The molecule has 0 aromatic carbocycles. The first-order valence-corrected chi connectivity index (χ1v) is 7.47. The molecular weight excluding hydrogens is 242 g/mol. The quantitative estimate of drug-likeness (QED) is 0.384. The molecule has 0 aliphatic rings. The predicted octanol–water partition coefficient (Wildman–Crippen LogP) is 4.58. The molecule has 0 spiro atoms. The SMILES string of the molecule is CCCCCCCCCCOC(=O)OCCCC#N. The van der Waals surface area contributed by atoms with E-state index in [-0.39, 0.29) is 6.61 Å². The van der Waals surface area contributed by atoms with Gasteiger partial charge in [-0.2, -0.15) is 5.26 Å². The van der Waals surface area contributed by atoms with Gasteiger partial charge in [0.25, 0.3) is 0 Å². The Hall–Kier alpha value is -1.24. The third-order valence-electron chi connectivity index (χ3n) is 2.87. The summed E-state index contributed by atoms with van der Waals surface area (Å²) in [6.45, 7) is 2.92. The third-order valence-corrected chi connectivity index (χ3v) is 2.87. The van der Waals surface area contributed by atoms with E-state index in [1.165, 1.54) is 38.5 Å². The molecule has 0 bridgehead atoms. The van der Waals surface area contributed by atoms with Crippen LogP contribution in [0.15, 0.2) is 0 Å². The molecule has 0 aromatic rings. The molecule has 0 N–H and O–H groups in total. The number of nitriles is 1. The van der Waals surface area contributed by atoms with E-state index in [1.54, 1.807) is 0 Å². The number of rotatable bonds is 12. The summed E-state index contributed by atoms with van der Waals surface area (Å²) in [5, 5.41) is 8.30. The molecule has 0 rings (SSSR count). The van der Waals surface area contributed by atoms with Crippen molar-refractivity contribution in [2.75, 3.05) is 13.2 Å². The standard InChI is InChI=1S/C15H27NO3/c1-2-3-4-5-6-7-8-10-13-18-15(17)19-14-11-9-12-16/h2-11,13-14H2,1H3. The Balaban J connectivity index is 3.12. The molecular formula is C15H27NO3. The van der Waals surface area contributed by atoms with E-state index in [0.29, 0.717) is 19.4 Å². The highest BCUT2D eigenvalue weighted by Gasteiger charge is 2.02. The van der Waals surface area contributed by atoms with Gasteiger partial charge in [0.1, 0.15) is 0 Å². The molecule has 4 nitrogen and oxygen atoms in total. The molecule has 0 radical (unpaired) electrons. The first kappa shape index (κ1) is 17.8. The summed E-state index contributed by atoms with van der Waals surface area (Å²) in [7, 11) is 0. The van der Waals surface area contributed by atoms with Gasteiger partial charge in [-0.1, -0.05) is 51.9 Å². The first-order valence-electron chi connectivity index (χ1n) is 7.47. The molecule has 0 aromatic heterocycles. The van der Waals surface area contributed by atoms with Gasteiger partial charge < -0.3 is 9.47 Å². The maximum atomic E-state index is 11.1. The predicted molar refractivity (Wildman–Crippen MR) is 74.8 cm³/mol. The average molecular weight is 269 g/mol. The van der Waals surface area contributed by atoms with Crippen molar-refractivity contribution in [3.63, 3.8) is 0 Å². The van der Waals surface area contributed by atoms with Crippen LogP contribution in [0.1, 0.15) is 71.1 Å². The highest BCUT2D eigenvalue weighted by molar-refractivity contribution is 5.59. The van der Waals surface area contributed by atoms with E-state index in [0.717, 1.165) is 12.8 Å². The van der Waals surface area contributed by atoms with Gasteiger partial charge in [0.2, 0.25) is 0 Å². The highest BCUT2D eigenvalue weighted by Crippen LogP contribution is 2.08. The Labute approximate surface area is 117 Å². The average Bonchev–Trinajstić information content (AvgIpc) is 2.42. The fourth-order valence-corrected chi connectivity index (χ4v) is 1.74. The van der Waals surface area contributed by atoms with Crippen molar-refractivity contribution in [1.29, 1.82) is 5.26 Å². The second-order valence-electron chi connectivity index (χ2n) is 4.68. The summed E-state index contributed by atoms with van der Waals surface area (Å²) in [5.41, 5.74) is 0. The van der Waals surface area contributed by atoms with Gasteiger partial charge >= 0.3 is 6.16 Å². The van der Waals surface area contributed by atoms with Gasteiger partial charge in [0.05, 0.1) is 19.3 Å². The molecule has 19 heavy (non-hydrogen) atoms. The highest BCUT2D eigenvalue weighted by atomic mass is 16.7. The van der Waals surface area contributed by atoms with Crippen LogP contribution in [0.5, 0.6) is 0 Å². The summed E-state index contributed by atoms with van der Waals surface area (Å²) < 4.78 is 9.73. The fraction of sp³-hybridized carbons (Fsp3) is 0.867. The normalized spacial score (nSPS) is 9.89. The summed E-state index contributed by atoms with van der Waals surface area (Å²) >= 11 is 0. The molecule has 0 unspecified atom stereocenters. The number of hydrogen-bond donors (Lipinski definition) is 0. The monoisotopic (exact) mass is 269 g/mol. The minimum atomic E-state index is -0.610. The molecule has 0 saturated carbocycles. The summed E-state index contributed by atoms with van der Waals surface area (Å²) in [4.78, 5) is 11.1. The van der Waals surface area contributed by atoms with E-state index >= 15 is 0 Å². The number of carbonyl (C=O) groups excluding carboxylic acids is 1. The zero-order chi connectivity index (χ0) is 14.2. The van der Waals surface area contributed by atoms with Gasteiger partial charge in [-0.15, -0.1) is 0 Å². The number of nitrogens with zero attached hydrogens (tertiary/aromatic N) is 1. The van der Waals surface area contributed by atoms with E-state index in [2.05, 4.69) is 6.92 Å². The molecule has 110 valence electrons. The van der Waals surface area contributed by atoms with E-state index in [1.807, 2.05) is 6.07 Å². The largest absolute Gasteiger partial charge is 0.508 e. The Bertz CT molecular complexity index is 248. The van der Waals surface area contributed by atoms with Crippen LogP contribution in [-0.2, 0) is 9.47 Å². The molecule has 4 heteroatoms. The zero-order valence-electron chi connectivity index (χ0n) is 12.2. The summed E-state index contributed by atoms with van der Waals surface area (Å²) in [6.07, 6.45) is 10.1. The zero-order valence-corrected chi connectivity index (χ0v) is 12.2. The van der Waals surface area contributed by atoms with Gasteiger partial charge in [0, 0.05) is 6.42 Å². The smallest absolute Gasteiger partial charge is 0.434 e. The molecule has 0 heterocycles. The number of ether oxygens (including phenoxy) is 2. The van der Waals surface area contributed by atoms with Gasteiger partial charge in [-0.3, -0.25) is 0 Å². The topological polar surface area (TPSA) is 59.3 Å². The Morgan fingerprint density at radius 3 is 2.00 bits per heavy atom. The van der Waals surface area contributed by atoms with Crippen molar-refractivity contribution >= 4 is 6.16 Å². The van der Waals surface area contributed by atoms with E-state index < -0.39 is 6.16 Å². The molecule has 0 fully saturated rings. The number of carbonyl (C=O) groups is 1. The Kier molecular flexibility index (Phi) is 13.9. The van der Waals surface area contributed by atoms with Crippen LogP contribution in [0.3, 0.4) is 0 Å². The van der Waals surface area contributed by atoms with Crippen LogP contribution in [0.2, 0.25) is 0 Å². The Morgan fingerprint density at radius 2 is 1.42 bits per heavy atom. The van der Waals surface area contributed by atoms with Crippen LogP contribution in [0.25, 0.3) is 0 Å². The Morgan fingerprint density at radius 1 is 0.895 bits per heavy atom. The molecule has 0 aliphatic heterocycles. The molecule has 0 atom stereocenters. The van der Waals surface area contributed by atoms with Gasteiger partial charge in [-0.25, -0.2) is 4.79 Å². The van der Waals surface area contributed by atoms with Crippen molar-refractivity contribution in [3.05, 3.63) is 0 Å². The first-order chi connectivity index (χ1) is 9.31. The molecule has 0 aliphatic carbocycles. The number of hydrogen-bond acceptors (Lipinski definition) is 4. The lowest BCUT2D eigenvalue weighted by Crippen LogP contribution is -2.09. The van der Waals surface area contributed by atoms with E-state index in [9.17, 15) is 4.79 Å². The summed E-state index contributed by atoms with van der Waals surface area (Å²) in [5.74, 6) is 0. The van der Waals surface area contributed by atoms with Crippen LogP contribution < -0.4 is 0 Å². The van der Waals surface area contributed by atoms with Crippen LogP contribution in [0.4, 0.5) is 4.79 Å². The molecule has 0 amide bonds. The van der Waals surface area contributed by atoms with Crippen molar-refractivity contribution < 1.29 is 14.3 Å². The lowest BCUT2D eigenvalue weighted by molar-refractivity contribution is 0.0536. The van der Waals surface area contributed by atoms with Crippen LogP contribution >= 0.6 is 0 Å². The number of unbranched alkanes of at least 4 members (excludes halogenated alkanes) is 8. The van der Waals surface area contributed by atoms with E-state index in [4.69, 9.17) is 14.7 Å².